The van der Waals surface area contributed by atoms with Gasteiger partial charge < -0.3 is 10.1 Å². The van der Waals surface area contributed by atoms with Gasteiger partial charge in [0, 0.05) is 12.3 Å². The number of nitrogens with zero attached hydrogens (tertiary/aromatic N) is 4. The SMILES string of the molecule is CCOCC(=O)Nc1ccc(-n2cnnn2)c(C)c1. The lowest BCUT2D eigenvalue weighted by Gasteiger charge is -2.09. The van der Waals surface area contributed by atoms with Gasteiger partial charge in [0.15, 0.2) is 0 Å². The van der Waals surface area contributed by atoms with Gasteiger partial charge in [-0.1, -0.05) is 0 Å². The van der Waals surface area contributed by atoms with Gasteiger partial charge >= 0.3 is 0 Å². The van der Waals surface area contributed by atoms with Crippen LogP contribution < -0.4 is 5.32 Å². The summed E-state index contributed by atoms with van der Waals surface area (Å²) >= 11 is 0. The third-order valence-electron chi connectivity index (χ3n) is 2.51. The molecule has 19 heavy (non-hydrogen) atoms. The second-order valence-corrected chi connectivity index (χ2v) is 3.94. The van der Waals surface area contributed by atoms with Crippen LogP contribution in [0.15, 0.2) is 24.5 Å². The van der Waals surface area contributed by atoms with Crippen LogP contribution in [0.25, 0.3) is 5.69 Å². The molecule has 7 heteroatoms. The first-order chi connectivity index (χ1) is 9.20. The summed E-state index contributed by atoms with van der Waals surface area (Å²) in [6.45, 7) is 4.35. The zero-order valence-electron chi connectivity index (χ0n) is 10.8. The summed E-state index contributed by atoms with van der Waals surface area (Å²) in [6.07, 6.45) is 1.52. The molecule has 0 bridgehead atoms. The Kier molecular flexibility index (Phi) is 4.19. The molecule has 1 heterocycles. The number of tetrazole rings is 1. The highest BCUT2D eigenvalue weighted by Crippen LogP contribution is 2.17. The van der Waals surface area contributed by atoms with Gasteiger partial charge in [0.05, 0.1) is 5.69 Å². The molecule has 0 aliphatic carbocycles. The van der Waals surface area contributed by atoms with Gasteiger partial charge in [-0.3, -0.25) is 4.79 Å². The third kappa shape index (κ3) is 3.35. The molecule has 1 aromatic heterocycles. The Morgan fingerprint density at radius 1 is 1.47 bits per heavy atom. The van der Waals surface area contributed by atoms with E-state index >= 15 is 0 Å². The number of amides is 1. The Morgan fingerprint density at radius 3 is 2.95 bits per heavy atom. The number of ether oxygens (including phenoxy) is 1. The lowest BCUT2D eigenvalue weighted by Crippen LogP contribution is -2.18. The van der Waals surface area contributed by atoms with Crippen LogP contribution in [0, 0.1) is 6.92 Å². The number of nitrogens with one attached hydrogen (secondary N) is 1. The van der Waals surface area contributed by atoms with Gasteiger partial charge in [0.25, 0.3) is 0 Å². The molecule has 0 atom stereocenters. The number of rotatable bonds is 5. The van der Waals surface area contributed by atoms with E-state index in [4.69, 9.17) is 4.74 Å². The molecule has 7 nitrogen and oxygen atoms in total. The Balaban J connectivity index is 2.09. The summed E-state index contributed by atoms with van der Waals surface area (Å²) in [6, 6.07) is 5.51. The minimum Gasteiger partial charge on any atom is -0.372 e. The van der Waals surface area contributed by atoms with E-state index in [1.165, 1.54) is 6.33 Å². The largest absolute Gasteiger partial charge is 0.372 e. The number of hydrogen-bond donors (Lipinski definition) is 1. The van der Waals surface area contributed by atoms with E-state index < -0.39 is 0 Å². The summed E-state index contributed by atoms with van der Waals surface area (Å²) in [5.41, 5.74) is 2.55. The normalized spacial score (nSPS) is 10.4. The van der Waals surface area contributed by atoms with Crippen molar-refractivity contribution in [2.24, 2.45) is 0 Å². The van der Waals surface area contributed by atoms with Crippen LogP contribution in [0.2, 0.25) is 0 Å². The number of hydrogen-bond acceptors (Lipinski definition) is 5. The van der Waals surface area contributed by atoms with Crippen LogP contribution in [0.3, 0.4) is 0 Å². The average molecular weight is 261 g/mol. The molecule has 1 aromatic carbocycles. The van der Waals surface area contributed by atoms with Gasteiger partial charge in [-0.15, -0.1) is 5.10 Å². The molecule has 2 aromatic rings. The molecule has 0 fully saturated rings. The van der Waals surface area contributed by atoms with Crippen LogP contribution in [0.4, 0.5) is 5.69 Å². The van der Waals surface area contributed by atoms with Gasteiger partial charge in [-0.2, -0.15) is 0 Å². The highest BCUT2D eigenvalue weighted by atomic mass is 16.5. The van der Waals surface area contributed by atoms with Gasteiger partial charge in [0.1, 0.15) is 12.9 Å². The Morgan fingerprint density at radius 2 is 2.32 bits per heavy atom. The molecule has 0 aliphatic heterocycles. The topological polar surface area (TPSA) is 81.9 Å². The molecule has 1 amide bonds. The predicted octanol–water partition coefficient (Wildman–Crippen LogP) is 0.946. The van der Waals surface area contributed by atoms with Crippen LogP contribution in [-0.2, 0) is 9.53 Å². The quantitative estimate of drug-likeness (QED) is 0.866. The van der Waals surface area contributed by atoms with Crippen LogP contribution in [0.1, 0.15) is 12.5 Å². The smallest absolute Gasteiger partial charge is 0.250 e. The van der Waals surface area contributed by atoms with Crippen molar-refractivity contribution in [3.05, 3.63) is 30.1 Å². The number of carbonyl (C=O) groups is 1. The van der Waals surface area contributed by atoms with Gasteiger partial charge in [0.2, 0.25) is 5.91 Å². The average Bonchev–Trinajstić information content (AvgIpc) is 2.90. The van der Waals surface area contributed by atoms with Crippen molar-refractivity contribution in [1.82, 2.24) is 20.2 Å². The first-order valence-corrected chi connectivity index (χ1v) is 5.92. The maximum absolute atomic E-state index is 11.5. The summed E-state index contributed by atoms with van der Waals surface area (Å²) in [4.78, 5) is 11.5. The van der Waals surface area contributed by atoms with Crippen molar-refractivity contribution in [3.8, 4) is 5.69 Å². The number of aromatic nitrogens is 4. The zero-order chi connectivity index (χ0) is 13.7. The van der Waals surface area contributed by atoms with Gasteiger partial charge in [-0.05, 0) is 48.0 Å². The van der Waals surface area contributed by atoms with Gasteiger partial charge in [-0.25, -0.2) is 4.68 Å². The Hall–Kier alpha value is -2.28. The molecule has 2 rings (SSSR count). The summed E-state index contributed by atoms with van der Waals surface area (Å²) in [5.74, 6) is -0.170. The van der Waals surface area contributed by atoms with E-state index in [0.717, 1.165) is 16.9 Å². The standard InChI is InChI=1S/C12H15N5O2/c1-3-19-7-12(18)14-10-4-5-11(9(2)6-10)17-8-13-15-16-17/h4-6,8H,3,7H2,1-2H3,(H,14,18). The van der Waals surface area contributed by atoms with E-state index in [1.807, 2.05) is 26.0 Å². The van der Waals surface area contributed by atoms with E-state index in [0.29, 0.717) is 6.61 Å². The lowest BCUT2D eigenvalue weighted by molar-refractivity contribution is -0.120. The highest BCUT2D eigenvalue weighted by molar-refractivity contribution is 5.91. The number of benzene rings is 1. The van der Waals surface area contributed by atoms with Crippen molar-refractivity contribution >= 4 is 11.6 Å². The molecule has 0 unspecified atom stereocenters. The van der Waals surface area contributed by atoms with Crippen LogP contribution >= 0.6 is 0 Å². The second kappa shape index (κ2) is 6.05. The third-order valence-corrected chi connectivity index (χ3v) is 2.51. The van der Waals surface area contributed by atoms with Crippen LogP contribution in [-0.4, -0.2) is 39.3 Å². The Bertz CT molecular complexity index is 553. The van der Waals surface area contributed by atoms with E-state index in [-0.39, 0.29) is 12.5 Å². The van der Waals surface area contributed by atoms with Crippen molar-refractivity contribution in [2.45, 2.75) is 13.8 Å². The minimum atomic E-state index is -0.170. The fraction of sp³-hybridized carbons (Fsp3) is 0.333. The number of anilines is 1. The maximum Gasteiger partial charge on any atom is 0.250 e. The fourth-order valence-corrected chi connectivity index (χ4v) is 1.65. The lowest BCUT2D eigenvalue weighted by atomic mass is 10.2. The molecule has 0 saturated heterocycles. The highest BCUT2D eigenvalue weighted by Gasteiger charge is 2.06. The first-order valence-electron chi connectivity index (χ1n) is 5.92. The van der Waals surface area contributed by atoms with Crippen molar-refractivity contribution in [3.63, 3.8) is 0 Å². The monoisotopic (exact) mass is 261 g/mol. The summed E-state index contributed by atoms with van der Waals surface area (Å²) < 4.78 is 6.61. The molecular formula is C12H15N5O2. The van der Waals surface area contributed by atoms with Crippen molar-refractivity contribution in [1.29, 1.82) is 0 Å². The van der Waals surface area contributed by atoms with Crippen molar-refractivity contribution < 1.29 is 9.53 Å². The van der Waals surface area contributed by atoms with E-state index in [9.17, 15) is 4.79 Å². The molecule has 0 saturated carbocycles. The fourth-order valence-electron chi connectivity index (χ4n) is 1.65. The van der Waals surface area contributed by atoms with E-state index in [2.05, 4.69) is 20.8 Å². The predicted molar refractivity (Wildman–Crippen MR) is 69.0 cm³/mol. The molecule has 100 valence electrons. The molecule has 0 spiro atoms. The maximum atomic E-state index is 11.5. The zero-order valence-corrected chi connectivity index (χ0v) is 10.8. The Labute approximate surface area is 110 Å². The summed E-state index contributed by atoms with van der Waals surface area (Å²) in [7, 11) is 0. The minimum absolute atomic E-state index is 0.0598. The molecule has 0 radical (unpaired) electrons. The number of carbonyl (C=O) groups excluding carboxylic acids is 1. The first kappa shape index (κ1) is 13.2. The van der Waals surface area contributed by atoms with Crippen LogP contribution in [0.5, 0.6) is 0 Å². The second-order valence-electron chi connectivity index (χ2n) is 3.94. The molecule has 0 aliphatic rings. The molecular weight excluding hydrogens is 246 g/mol. The van der Waals surface area contributed by atoms with Crippen molar-refractivity contribution in [2.75, 3.05) is 18.5 Å². The molecule has 1 N–H and O–H groups in total. The van der Waals surface area contributed by atoms with E-state index in [1.54, 1.807) is 10.7 Å². The number of aryl methyl sites for hydroxylation is 1. The summed E-state index contributed by atoms with van der Waals surface area (Å²) in [5, 5.41) is 13.8.